The molecule has 1 rings (SSSR count). The van der Waals surface area contributed by atoms with E-state index >= 15 is 0 Å². The molecular weight excluding hydrogens is 223 g/mol. The van der Waals surface area contributed by atoms with E-state index in [2.05, 4.69) is 4.52 Å². The van der Waals surface area contributed by atoms with Crippen molar-refractivity contribution in [2.45, 2.75) is 0 Å². The number of carbonyl (C=O) groups excluding carboxylic acids is 1. The first-order chi connectivity index (χ1) is 6.40. The first-order valence-corrected chi connectivity index (χ1v) is 5.07. The molecule has 0 aliphatic carbocycles. The van der Waals surface area contributed by atoms with Crippen LogP contribution in [0.5, 0.6) is 5.75 Å². The molecule has 0 aliphatic heterocycles. The lowest BCUT2D eigenvalue weighted by Gasteiger charge is -2.08. The van der Waals surface area contributed by atoms with Crippen molar-refractivity contribution in [1.29, 1.82) is 0 Å². The number of rotatable bonds is 3. The Morgan fingerprint density at radius 1 is 1.33 bits per heavy atom. The number of primary amides is 1. The van der Waals surface area contributed by atoms with Crippen LogP contribution in [0.3, 0.4) is 0 Å². The van der Waals surface area contributed by atoms with Crippen molar-refractivity contribution in [3.63, 3.8) is 0 Å². The van der Waals surface area contributed by atoms with E-state index in [1.165, 1.54) is 24.3 Å². The number of amides is 1. The van der Waals surface area contributed by atoms with Crippen molar-refractivity contribution >= 4 is 13.7 Å². The zero-order chi connectivity index (χ0) is 10.8. The van der Waals surface area contributed by atoms with Gasteiger partial charge in [-0.1, -0.05) is 12.1 Å². The molecule has 1 amide bonds. The highest BCUT2D eigenvalue weighted by atomic mass is 31.2. The number of phosphoric acid groups is 1. The molecule has 7 nitrogen and oxygen atoms in total. The number of nitrogens with two attached hydrogens (primary N) is 1. The van der Waals surface area contributed by atoms with Crippen molar-refractivity contribution in [1.82, 2.24) is 6.15 Å². The van der Waals surface area contributed by atoms with E-state index in [1.54, 1.807) is 0 Å². The molecule has 0 saturated heterocycles. The summed E-state index contributed by atoms with van der Waals surface area (Å²) in [4.78, 5) is 27.8. The Morgan fingerprint density at radius 3 is 2.33 bits per heavy atom. The number of benzene rings is 1. The van der Waals surface area contributed by atoms with Gasteiger partial charge in [0.1, 0.15) is 5.75 Å². The molecular formula is C7H11N2O5P. The molecule has 15 heavy (non-hydrogen) atoms. The highest BCUT2D eigenvalue weighted by Gasteiger charge is 2.19. The van der Waals surface area contributed by atoms with Crippen LogP contribution in [0, 0.1) is 0 Å². The maximum atomic E-state index is 10.8. The van der Waals surface area contributed by atoms with E-state index in [0.717, 1.165) is 0 Å². The Balaban J connectivity index is 0.00000196. The zero-order valence-electron chi connectivity index (χ0n) is 7.66. The third-order valence-corrected chi connectivity index (χ3v) is 1.80. The van der Waals surface area contributed by atoms with Gasteiger partial charge in [0, 0.05) is 0 Å². The highest BCUT2D eigenvalue weighted by molar-refractivity contribution is 7.46. The minimum Gasteiger partial charge on any atom is -0.403 e. The van der Waals surface area contributed by atoms with Gasteiger partial charge < -0.3 is 16.4 Å². The third-order valence-electron chi connectivity index (χ3n) is 1.37. The van der Waals surface area contributed by atoms with Gasteiger partial charge in [0.2, 0.25) is 0 Å². The van der Waals surface area contributed by atoms with Gasteiger partial charge in [0.05, 0.1) is 5.56 Å². The van der Waals surface area contributed by atoms with Crippen LogP contribution >= 0.6 is 7.82 Å². The SMILES string of the molecule is N.NC(=O)c1ccccc1OP(=O)(O)O. The average molecular weight is 234 g/mol. The maximum absolute atomic E-state index is 10.8. The van der Waals surface area contributed by atoms with Gasteiger partial charge in [0.25, 0.3) is 5.91 Å². The quantitative estimate of drug-likeness (QED) is 0.557. The molecule has 0 saturated carbocycles. The fraction of sp³-hybridized carbons (Fsp3) is 0. The number of hydrogen-bond acceptors (Lipinski definition) is 4. The molecule has 0 aliphatic rings. The molecule has 0 spiro atoms. The van der Waals surface area contributed by atoms with Crippen LogP contribution < -0.4 is 16.4 Å². The second-order valence-corrected chi connectivity index (χ2v) is 3.61. The molecule has 0 aromatic heterocycles. The van der Waals surface area contributed by atoms with E-state index in [4.69, 9.17) is 15.5 Å². The molecule has 8 heteroatoms. The number of para-hydroxylation sites is 1. The summed E-state index contributed by atoms with van der Waals surface area (Å²) in [5.41, 5.74) is 4.89. The van der Waals surface area contributed by atoms with Gasteiger partial charge >= 0.3 is 7.82 Å². The number of phosphoric ester groups is 1. The van der Waals surface area contributed by atoms with Crippen molar-refractivity contribution in [2.24, 2.45) is 5.73 Å². The summed E-state index contributed by atoms with van der Waals surface area (Å²) in [6.45, 7) is 0. The minimum atomic E-state index is -4.66. The van der Waals surface area contributed by atoms with Crippen LogP contribution in [0.2, 0.25) is 0 Å². The summed E-state index contributed by atoms with van der Waals surface area (Å²) in [7, 11) is -4.66. The first-order valence-electron chi connectivity index (χ1n) is 3.54. The maximum Gasteiger partial charge on any atom is 0.524 e. The van der Waals surface area contributed by atoms with E-state index in [-0.39, 0.29) is 17.5 Å². The lowest BCUT2D eigenvalue weighted by Crippen LogP contribution is -2.12. The fourth-order valence-corrected chi connectivity index (χ4v) is 1.29. The summed E-state index contributed by atoms with van der Waals surface area (Å²) in [5, 5.41) is 0. The standard InChI is InChI=1S/C7H8NO5P.H3N/c8-7(9)5-3-1-2-4-6(5)13-14(10,11)12;/h1-4H,(H2,8,9)(H2,10,11,12);1H3. The molecule has 0 radical (unpaired) electrons. The zero-order valence-corrected chi connectivity index (χ0v) is 8.55. The molecule has 1 aromatic carbocycles. The van der Waals surface area contributed by atoms with Gasteiger partial charge in [0.15, 0.2) is 0 Å². The first kappa shape index (κ1) is 13.6. The fourth-order valence-electron chi connectivity index (χ4n) is 0.878. The third kappa shape index (κ3) is 4.09. The lowest BCUT2D eigenvalue weighted by atomic mass is 10.2. The molecule has 84 valence electrons. The van der Waals surface area contributed by atoms with Crippen molar-refractivity contribution in [2.75, 3.05) is 0 Å². The summed E-state index contributed by atoms with van der Waals surface area (Å²) in [6.07, 6.45) is 0. The normalized spacial score (nSPS) is 10.3. The molecule has 7 N–H and O–H groups in total. The van der Waals surface area contributed by atoms with Crippen LogP contribution in [0.1, 0.15) is 10.4 Å². The average Bonchev–Trinajstić information content (AvgIpc) is 2.01. The van der Waals surface area contributed by atoms with Gasteiger partial charge in [-0.3, -0.25) is 14.6 Å². The van der Waals surface area contributed by atoms with Gasteiger partial charge in [-0.05, 0) is 12.1 Å². The predicted octanol–water partition coefficient (Wildman–Crippen LogP) is 0.419. The van der Waals surface area contributed by atoms with Gasteiger partial charge in [-0.2, -0.15) is 0 Å². The van der Waals surface area contributed by atoms with E-state index < -0.39 is 13.7 Å². The largest absolute Gasteiger partial charge is 0.524 e. The smallest absolute Gasteiger partial charge is 0.403 e. The summed E-state index contributed by atoms with van der Waals surface area (Å²) >= 11 is 0. The number of carbonyl (C=O) groups is 1. The summed E-state index contributed by atoms with van der Waals surface area (Å²) in [6, 6.07) is 5.54. The van der Waals surface area contributed by atoms with E-state index in [9.17, 15) is 9.36 Å². The number of hydrogen-bond donors (Lipinski definition) is 4. The predicted molar refractivity (Wildman–Crippen MR) is 52.7 cm³/mol. The van der Waals surface area contributed by atoms with Crippen LogP contribution in [-0.4, -0.2) is 15.7 Å². The molecule has 0 fully saturated rings. The Hall–Kier alpha value is -1.40. The molecule has 0 atom stereocenters. The molecule has 0 heterocycles. The minimum absolute atomic E-state index is 0. The van der Waals surface area contributed by atoms with Crippen LogP contribution in [0.4, 0.5) is 0 Å². The highest BCUT2D eigenvalue weighted by Crippen LogP contribution is 2.38. The molecule has 0 unspecified atom stereocenters. The monoisotopic (exact) mass is 234 g/mol. The Morgan fingerprint density at radius 2 is 1.87 bits per heavy atom. The van der Waals surface area contributed by atoms with Crippen molar-refractivity contribution in [3.05, 3.63) is 29.8 Å². The Kier molecular flexibility index (Phi) is 4.44. The van der Waals surface area contributed by atoms with Crippen LogP contribution in [0.15, 0.2) is 24.3 Å². The topological polar surface area (TPSA) is 145 Å². The van der Waals surface area contributed by atoms with Crippen LogP contribution in [-0.2, 0) is 4.57 Å². The molecule has 0 bridgehead atoms. The van der Waals surface area contributed by atoms with E-state index in [0.29, 0.717) is 0 Å². The van der Waals surface area contributed by atoms with E-state index in [1.807, 2.05) is 0 Å². The van der Waals surface area contributed by atoms with Gasteiger partial charge in [-0.25, -0.2) is 4.57 Å². The Labute approximate surface area is 85.7 Å². The summed E-state index contributed by atoms with van der Waals surface area (Å²) in [5.74, 6) is -1.04. The summed E-state index contributed by atoms with van der Waals surface area (Å²) < 4.78 is 14.8. The van der Waals surface area contributed by atoms with Crippen molar-refractivity contribution < 1.29 is 23.7 Å². The molecule has 1 aromatic rings. The second kappa shape index (κ2) is 4.90. The lowest BCUT2D eigenvalue weighted by molar-refractivity contribution is 0.0998. The van der Waals surface area contributed by atoms with Crippen molar-refractivity contribution in [3.8, 4) is 5.75 Å². The Bertz CT molecular complexity index is 402. The second-order valence-electron chi connectivity index (χ2n) is 2.44. The van der Waals surface area contributed by atoms with Crippen LogP contribution in [0.25, 0.3) is 0 Å². The van der Waals surface area contributed by atoms with Gasteiger partial charge in [-0.15, -0.1) is 0 Å².